The molecule has 0 radical (unpaired) electrons. The Balaban J connectivity index is 2.98. The monoisotopic (exact) mass is 155 g/mol. The summed E-state index contributed by atoms with van der Waals surface area (Å²) >= 11 is 0. The zero-order valence-electron chi connectivity index (χ0n) is 6.41. The zero-order valence-corrected chi connectivity index (χ0v) is 6.41. The molecule has 0 aliphatic heterocycles. The molecule has 4 nitrogen and oxygen atoms in total. The van der Waals surface area contributed by atoms with Crippen molar-refractivity contribution in [2.24, 2.45) is 17.2 Å². The molecule has 0 fully saturated rings. The van der Waals surface area contributed by atoms with Crippen LogP contribution in [-0.4, -0.2) is 16.4 Å². The topological polar surface area (TPSA) is 98.3 Å². The first-order valence-electron chi connectivity index (χ1n) is 3.33. The van der Waals surface area contributed by atoms with Gasteiger partial charge in [0.2, 0.25) is 0 Å². The van der Waals surface area contributed by atoms with Crippen LogP contribution in [-0.2, 0) is 0 Å². The number of hydrogen-bond acceptors (Lipinski definition) is 4. The molecule has 1 atom stereocenters. The van der Waals surface area contributed by atoms with Crippen molar-refractivity contribution >= 4 is 0 Å². The lowest BCUT2D eigenvalue weighted by molar-refractivity contribution is 0.158. The molecule has 1 rings (SSSR count). The molecule has 11 heavy (non-hydrogen) atoms. The largest absolute Gasteiger partial charge is 0.399 e. The van der Waals surface area contributed by atoms with Gasteiger partial charge in [0.05, 0.1) is 0 Å². The fourth-order valence-electron chi connectivity index (χ4n) is 0.891. The Hall–Kier alpha value is -0.840. The van der Waals surface area contributed by atoms with E-state index in [1.807, 2.05) is 0 Å². The van der Waals surface area contributed by atoms with Crippen LogP contribution in [0.4, 0.5) is 0 Å². The van der Waals surface area contributed by atoms with Gasteiger partial charge < -0.3 is 22.3 Å². The van der Waals surface area contributed by atoms with Gasteiger partial charge >= 0.3 is 0 Å². The van der Waals surface area contributed by atoms with Gasteiger partial charge in [0, 0.05) is 5.70 Å². The van der Waals surface area contributed by atoms with Crippen LogP contribution in [0.15, 0.2) is 23.9 Å². The highest BCUT2D eigenvalue weighted by atomic mass is 16.3. The molecule has 1 aliphatic carbocycles. The molecule has 0 saturated heterocycles. The van der Waals surface area contributed by atoms with E-state index in [1.54, 1.807) is 6.92 Å². The molecule has 7 N–H and O–H groups in total. The second-order valence-electron chi connectivity index (χ2n) is 3.09. The lowest BCUT2D eigenvalue weighted by Crippen LogP contribution is -2.54. The molecular weight excluding hydrogens is 142 g/mol. The molecule has 0 bridgehead atoms. The summed E-state index contributed by atoms with van der Waals surface area (Å²) < 4.78 is 0. The van der Waals surface area contributed by atoms with E-state index < -0.39 is 11.3 Å². The van der Waals surface area contributed by atoms with Crippen molar-refractivity contribution < 1.29 is 5.11 Å². The molecule has 0 aromatic rings. The van der Waals surface area contributed by atoms with Crippen molar-refractivity contribution in [2.45, 2.75) is 18.2 Å². The first-order chi connectivity index (χ1) is 4.83. The Morgan fingerprint density at radius 1 is 1.36 bits per heavy atom. The molecule has 0 amide bonds. The molecule has 0 aromatic carbocycles. The Morgan fingerprint density at radius 3 is 2.27 bits per heavy atom. The van der Waals surface area contributed by atoms with E-state index in [4.69, 9.17) is 17.2 Å². The summed E-state index contributed by atoms with van der Waals surface area (Å²) in [5, 5.41) is 9.42. The van der Waals surface area contributed by atoms with E-state index in [9.17, 15) is 5.11 Å². The summed E-state index contributed by atoms with van der Waals surface area (Å²) in [6.07, 6.45) is 4.44. The van der Waals surface area contributed by atoms with Gasteiger partial charge in [0.15, 0.2) is 0 Å². The standard InChI is InChI=1S/C7H13N3O/c1-6(11)2-3-7(9,10)5(8)4-6/h2-4,11H,8-10H2,1H3. The van der Waals surface area contributed by atoms with Gasteiger partial charge in [-0.1, -0.05) is 0 Å². The summed E-state index contributed by atoms with van der Waals surface area (Å²) in [6, 6.07) is 0. The molecular formula is C7H13N3O. The van der Waals surface area contributed by atoms with Crippen molar-refractivity contribution in [3.05, 3.63) is 23.9 Å². The second kappa shape index (κ2) is 2.07. The van der Waals surface area contributed by atoms with E-state index in [0.717, 1.165) is 0 Å². The van der Waals surface area contributed by atoms with Crippen LogP contribution >= 0.6 is 0 Å². The second-order valence-corrected chi connectivity index (χ2v) is 3.09. The highest BCUT2D eigenvalue weighted by molar-refractivity contribution is 5.33. The minimum atomic E-state index is -1.11. The minimum Gasteiger partial charge on any atom is -0.399 e. The van der Waals surface area contributed by atoms with Crippen molar-refractivity contribution in [1.29, 1.82) is 0 Å². The maximum Gasteiger partial charge on any atom is 0.124 e. The molecule has 0 heterocycles. The fraction of sp³-hybridized carbons (Fsp3) is 0.429. The molecule has 0 aromatic heterocycles. The van der Waals surface area contributed by atoms with Gasteiger partial charge in [0.25, 0.3) is 0 Å². The van der Waals surface area contributed by atoms with Crippen molar-refractivity contribution in [2.75, 3.05) is 0 Å². The van der Waals surface area contributed by atoms with Crippen molar-refractivity contribution in [3.63, 3.8) is 0 Å². The summed E-state index contributed by atoms with van der Waals surface area (Å²) in [5.74, 6) is 0. The first-order valence-corrected chi connectivity index (χ1v) is 3.33. The van der Waals surface area contributed by atoms with Crippen LogP contribution < -0.4 is 17.2 Å². The van der Waals surface area contributed by atoms with E-state index >= 15 is 0 Å². The number of hydrogen-bond donors (Lipinski definition) is 4. The van der Waals surface area contributed by atoms with Gasteiger partial charge in [-0.15, -0.1) is 0 Å². The Kier molecular flexibility index (Phi) is 1.56. The highest BCUT2D eigenvalue weighted by Crippen LogP contribution is 2.19. The minimum absolute atomic E-state index is 0.282. The summed E-state index contributed by atoms with van der Waals surface area (Å²) in [7, 11) is 0. The van der Waals surface area contributed by atoms with Crippen LogP contribution in [0, 0.1) is 0 Å². The van der Waals surface area contributed by atoms with Crippen LogP contribution in [0.1, 0.15) is 6.92 Å². The van der Waals surface area contributed by atoms with Gasteiger partial charge in [-0.3, -0.25) is 0 Å². The predicted octanol–water partition coefficient (Wildman–Crippen LogP) is -1.24. The number of rotatable bonds is 0. The first kappa shape index (κ1) is 8.26. The van der Waals surface area contributed by atoms with Gasteiger partial charge in [-0.25, -0.2) is 0 Å². The van der Waals surface area contributed by atoms with Crippen molar-refractivity contribution in [1.82, 2.24) is 0 Å². The molecule has 1 aliphatic rings. The average molecular weight is 155 g/mol. The molecule has 0 spiro atoms. The number of nitrogens with two attached hydrogens (primary N) is 3. The third-order valence-electron chi connectivity index (χ3n) is 1.64. The lowest BCUT2D eigenvalue weighted by Gasteiger charge is -2.29. The van der Waals surface area contributed by atoms with Gasteiger partial charge in [0.1, 0.15) is 11.3 Å². The molecule has 0 saturated carbocycles. The van der Waals surface area contributed by atoms with Crippen molar-refractivity contribution in [3.8, 4) is 0 Å². The summed E-state index contributed by atoms with van der Waals surface area (Å²) in [5.41, 5.74) is 14.7. The fourth-order valence-corrected chi connectivity index (χ4v) is 0.891. The van der Waals surface area contributed by atoms with Crippen LogP contribution in [0.2, 0.25) is 0 Å². The molecule has 62 valence electrons. The molecule has 1 unspecified atom stereocenters. The van der Waals surface area contributed by atoms with Crippen LogP contribution in [0.5, 0.6) is 0 Å². The maximum absolute atomic E-state index is 9.42. The summed E-state index contributed by atoms with van der Waals surface area (Å²) in [4.78, 5) is 0. The van der Waals surface area contributed by atoms with Crippen LogP contribution in [0.3, 0.4) is 0 Å². The van der Waals surface area contributed by atoms with Gasteiger partial charge in [-0.05, 0) is 25.2 Å². The maximum atomic E-state index is 9.42. The highest BCUT2D eigenvalue weighted by Gasteiger charge is 2.28. The number of aliphatic hydroxyl groups is 1. The SMILES string of the molecule is CC1(O)C=CC(N)(N)C(N)=C1. The Labute approximate surface area is 65.4 Å². The van der Waals surface area contributed by atoms with E-state index in [-0.39, 0.29) is 5.70 Å². The quantitative estimate of drug-likeness (QED) is 0.260. The third kappa shape index (κ3) is 1.59. The smallest absolute Gasteiger partial charge is 0.124 e. The van der Waals surface area contributed by atoms with E-state index in [2.05, 4.69) is 0 Å². The lowest BCUT2D eigenvalue weighted by atomic mass is 9.92. The predicted molar refractivity (Wildman–Crippen MR) is 43.1 cm³/mol. The zero-order chi connectivity index (χ0) is 8.70. The summed E-state index contributed by atoms with van der Waals surface area (Å²) in [6.45, 7) is 1.60. The molecule has 4 heteroatoms. The Bertz CT molecular complexity index is 228. The normalized spacial score (nSPS) is 35.1. The van der Waals surface area contributed by atoms with Crippen LogP contribution in [0.25, 0.3) is 0 Å². The van der Waals surface area contributed by atoms with E-state index in [1.165, 1.54) is 18.2 Å². The Morgan fingerprint density at radius 2 is 1.91 bits per heavy atom. The average Bonchev–Trinajstić information content (AvgIpc) is 1.81. The third-order valence-corrected chi connectivity index (χ3v) is 1.64. The van der Waals surface area contributed by atoms with E-state index in [0.29, 0.717) is 0 Å². The van der Waals surface area contributed by atoms with Gasteiger partial charge in [-0.2, -0.15) is 0 Å².